The number of aryl methyl sites for hydroxylation is 1. The third-order valence-electron chi connectivity index (χ3n) is 3.40. The average molecular weight is 308 g/mol. The molecule has 3 aromatic rings. The smallest absolute Gasteiger partial charge is 0.244 e. The minimum Gasteiger partial charge on any atom is -0.348 e. The maximum atomic E-state index is 11.9. The number of rotatable bonds is 4. The number of nitrogens with one attached hydrogen (secondary N) is 1. The molecule has 0 spiro atoms. The minimum absolute atomic E-state index is 0.109. The van der Waals surface area contributed by atoms with Crippen molar-refractivity contribution in [3.05, 3.63) is 70.7 Å². The van der Waals surface area contributed by atoms with Gasteiger partial charge >= 0.3 is 0 Å². The summed E-state index contributed by atoms with van der Waals surface area (Å²) in [6, 6.07) is 16.0. The Morgan fingerprint density at radius 2 is 1.95 bits per heavy atom. The molecule has 4 heteroatoms. The van der Waals surface area contributed by atoms with Crippen LogP contribution < -0.4 is 5.32 Å². The second kappa shape index (κ2) is 6.54. The van der Waals surface area contributed by atoms with Gasteiger partial charge in [0, 0.05) is 12.6 Å². The Balaban J connectivity index is 1.62. The van der Waals surface area contributed by atoms with Crippen molar-refractivity contribution in [1.82, 2.24) is 10.3 Å². The zero-order valence-corrected chi connectivity index (χ0v) is 13.1. The molecule has 2 aromatic carbocycles. The van der Waals surface area contributed by atoms with Gasteiger partial charge in [0.1, 0.15) is 5.01 Å². The molecule has 0 saturated carbocycles. The monoisotopic (exact) mass is 308 g/mol. The second-order valence-electron chi connectivity index (χ2n) is 5.00. The van der Waals surface area contributed by atoms with Gasteiger partial charge in [0.2, 0.25) is 5.91 Å². The van der Waals surface area contributed by atoms with E-state index in [1.165, 1.54) is 11.6 Å². The molecule has 0 radical (unpaired) electrons. The van der Waals surface area contributed by atoms with Crippen LogP contribution in [-0.4, -0.2) is 10.9 Å². The minimum atomic E-state index is -0.109. The Kier molecular flexibility index (Phi) is 4.30. The van der Waals surface area contributed by atoms with Crippen LogP contribution in [0.25, 0.3) is 16.3 Å². The number of para-hydroxylation sites is 1. The van der Waals surface area contributed by atoms with Gasteiger partial charge in [0.25, 0.3) is 0 Å². The van der Waals surface area contributed by atoms with Crippen molar-refractivity contribution in [1.29, 1.82) is 0 Å². The van der Waals surface area contributed by atoms with E-state index in [1.54, 1.807) is 17.4 Å². The Labute approximate surface area is 133 Å². The first-order chi connectivity index (χ1) is 10.7. The van der Waals surface area contributed by atoms with E-state index in [4.69, 9.17) is 0 Å². The molecule has 22 heavy (non-hydrogen) atoms. The third-order valence-corrected chi connectivity index (χ3v) is 4.40. The summed E-state index contributed by atoms with van der Waals surface area (Å²) in [4.78, 5) is 16.4. The summed E-state index contributed by atoms with van der Waals surface area (Å²) in [6.07, 6.45) is 3.30. The lowest BCUT2D eigenvalue weighted by Gasteiger charge is -2.05. The van der Waals surface area contributed by atoms with E-state index in [9.17, 15) is 4.79 Å². The van der Waals surface area contributed by atoms with Crippen molar-refractivity contribution in [2.75, 3.05) is 0 Å². The van der Waals surface area contributed by atoms with Gasteiger partial charge in [-0.1, -0.05) is 36.4 Å². The molecule has 0 aliphatic carbocycles. The Bertz CT molecular complexity index is 803. The number of amides is 1. The van der Waals surface area contributed by atoms with Crippen LogP contribution in [0, 0.1) is 6.92 Å². The fraction of sp³-hybridized carbons (Fsp3) is 0.111. The SMILES string of the molecule is Cc1ccccc1CNC(=O)/C=C/c1nc2ccccc2s1. The Morgan fingerprint density at radius 1 is 1.18 bits per heavy atom. The van der Waals surface area contributed by atoms with Gasteiger partial charge in [-0.3, -0.25) is 4.79 Å². The summed E-state index contributed by atoms with van der Waals surface area (Å²) in [5, 5.41) is 3.73. The summed E-state index contributed by atoms with van der Waals surface area (Å²) in [6.45, 7) is 2.58. The molecule has 0 aliphatic rings. The first kappa shape index (κ1) is 14.5. The molecule has 1 heterocycles. The fourth-order valence-electron chi connectivity index (χ4n) is 2.16. The summed E-state index contributed by atoms with van der Waals surface area (Å²) in [5.41, 5.74) is 3.27. The number of nitrogens with zero attached hydrogens (tertiary/aromatic N) is 1. The van der Waals surface area contributed by atoms with Crippen LogP contribution in [0.5, 0.6) is 0 Å². The van der Waals surface area contributed by atoms with Crippen molar-refractivity contribution in [2.45, 2.75) is 13.5 Å². The highest BCUT2D eigenvalue weighted by Crippen LogP contribution is 2.22. The maximum Gasteiger partial charge on any atom is 0.244 e. The highest BCUT2D eigenvalue weighted by atomic mass is 32.1. The molecule has 3 rings (SSSR count). The van der Waals surface area contributed by atoms with Crippen LogP contribution in [0.1, 0.15) is 16.1 Å². The maximum absolute atomic E-state index is 11.9. The normalized spacial score (nSPS) is 11.1. The van der Waals surface area contributed by atoms with E-state index in [-0.39, 0.29) is 5.91 Å². The topological polar surface area (TPSA) is 42.0 Å². The lowest BCUT2D eigenvalue weighted by atomic mass is 10.1. The van der Waals surface area contributed by atoms with Gasteiger partial charge in [-0.05, 0) is 36.3 Å². The molecule has 0 fully saturated rings. The lowest BCUT2D eigenvalue weighted by molar-refractivity contribution is -0.116. The molecule has 0 unspecified atom stereocenters. The van der Waals surface area contributed by atoms with Crippen molar-refractivity contribution in [3.8, 4) is 0 Å². The molecule has 0 aliphatic heterocycles. The number of hydrogen-bond acceptors (Lipinski definition) is 3. The van der Waals surface area contributed by atoms with Gasteiger partial charge < -0.3 is 5.32 Å². The van der Waals surface area contributed by atoms with Gasteiger partial charge in [-0.2, -0.15) is 0 Å². The number of hydrogen-bond donors (Lipinski definition) is 1. The number of carbonyl (C=O) groups is 1. The molecule has 1 amide bonds. The highest BCUT2D eigenvalue weighted by molar-refractivity contribution is 7.19. The van der Waals surface area contributed by atoms with Gasteiger partial charge in [0.05, 0.1) is 10.2 Å². The van der Waals surface area contributed by atoms with Gasteiger partial charge in [-0.25, -0.2) is 4.98 Å². The van der Waals surface area contributed by atoms with Crippen molar-refractivity contribution in [3.63, 3.8) is 0 Å². The van der Waals surface area contributed by atoms with Gasteiger partial charge in [0.15, 0.2) is 0 Å². The zero-order chi connectivity index (χ0) is 15.4. The molecule has 1 aromatic heterocycles. The quantitative estimate of drug-likeness (QED) is 0.742. The van der Waals surface area contributed by atoms with Crippen LogP contribution >= 0.6 is 11.3 Å². The second-order valence-corrected chi connectivity index (χ2v) is 6.06. The van der Waals surface area contributed by atoms with E-state index in [0.717, 1.165) is 20.8 Å². The Hall–Kier alpha value is -2.46. The number of aromatic nitrogens is 1. The van der Waals surface area contributed by atoms with E-state index in [2.05, 4.69) is 10.3 Å². The third kappa shape index (κ3) is 3.40. The molecule has 1 N–H and O–H groups in total. The molecule has 0 saturated heterocycles. The van der Waals surface area contributed by atoms with E-state index in [1.807, 2.05) is 55.5 Å². The van der Waals surface area contributed by atoms with Crippen LogP contribution in [0.4, 0.5) is 0 Å². The van der Waals surface area contributed by atoms with Crippen molar-refractivity contribution >= 4 is 33.5 Å². The van der Waals surface area contributed by atoms with Crippen molar-refractivity contribution < 1.29 is 4.79 Å². The van der Waals surface area contributed by atoms with Gasteiger partial charge in [-0.15, -0.1) is 11.3 Å². The largest absolute Gasteiger partial charge is 0.348 e. The molecule has 0 bridgehead atoms. The molecule has 0 atom stereocenters. The van der Waals surface area contributed by atoms with Crippen LogP contribution in [-0.2, 0) is 11.3 Å². The average Bonchev–Trinajstić information content (AvgIpc) is 2.95. The molecule has 110 valence electrons. The fourth-order valence-corrected chi connectivity index (χ4v) is 3.03. The van der Waals surface area contributed by atoms with Crippen molar-refractivity contribution in [2.24, 2.45) is 0 Å². The summed E-state index contributed by atoms with van der Waals surface area (Å²) in [7, 11) is 0. The number of thiazole rings is 1. The number of benzene rings is 2. The van der Waals surface area contributed by atoms with E-state index in [0.29, 0.717) is 6.54 Å². The first-order valence-electron chi connectivity index (χ1n) is 7.08. The van der Waals surface area contributed by atoms with Crippen LogP contribution in [0.15, 0.2) is 54.6 Å². The molecule has 3 nitrogen and oxygen atoms in total. The summed E-state index contributed by atoms with van der Waals surface area (Å²) >= 11 is 1.58. The van der Waals surface area contributed by atoms with E-state index >= 15 is 0 Å². The number of carbonyl (C=O) groups excluding carboxylic acids is 1. The standard InChI is InChI=1S/C18H16N2OS/c1-13-6-2-3-7-14(13)12-19-17(21)10-11-18-20-15-8-4-5-9-16(15)22-18/h2-11H,12H2,1H3,(H,19,21)/b11-10+. The molecular weight excluding hydrogens is 292 g/mol. The Morgan fingerprint density at radius 3 is 2.77 bits per heavy atom. The first-order valence-corrected chi connectivity index (χ1v) is 7.90. The number of fused-ring (bicyclic) bond motifs is 1. The predicted octanol–water partition coefficient (Wildman–Crippen LogP) is 3.93. The summed E-state index contributed by atoms with van der Waals surface area (Å²) in [5.74, 6) is -0.109. The molecular formula is C18H16N2OS. The summed E-state index contributed by atoms with van der Waals surface area (Å²) < 4.78 is 1.13. The highest BCUT2D eigenvalue weighted by Gasteiger charge is 2.02. The van der Waals surface area contributed by atoms with E-state index < -0.39 is 0 Å². The van der Waals surface area contributed by atoms with Crippen LogP contribution in [0.2, 0.25) is 0 Å². The van der Waals surface area contributed by atoms with Crippen LogP contribution in [0.3, 0.4) is 0 Å². The predicted molar refractivity (Wildman–Crippen MR) is 91.7 cm³/mol. The lowest BCUT2D eigenvalue weighted by Crippen LogP contribution is -2.20. The zero-order valence-electron chi connectivity index (χ0n) is 12.2.